The lowest BCUT2D eigenvalue weighted by molar-refractivity contribution is 0.213. The van der Waals surface area contributed by atoms with Crippen LogP contribution in [-0.4, -0.2) is 11.5 Å². The molecule has 2 atom stereocenters. The summed E-state index contributed by atoms with van der Waals surface area (Å²) < 4.78 is 8.83. The van der Waals surface area contributed by atoms with Gasteiger partial charge >= 0.3 is 0 Å². The Hall–Kier alpha value is -1.70. The molecule has 1 aliphatic carbocycles. The minimum absolute atomic E-state index is 0.0846. The summed E-state index contributed by atoms with van der Waals surface area (Å²) in [7, 11) is 0. The van der Waals surface area contributed by atoms with Crippen LogP contribution >= 0.6 is 0 Å². The molecule has 2 heterocycles. The summed E-state index contributed by atoms with van der Waals surface area (Å²) in [5.41, 5.74) is 5.09. The fraction of sp³-hybridized carbons (Fsp3) is 0.524. The van der Waals surface area contributed by atoms with E-state index in [1.54, 1.807) is 0 Å². The molecule has 1 aromatic carbocycles. The maximum Gasteiger partial charge on any atom is 0.0989 e. The van der Waals surface area contributed by atoms with Gasteiger partial charge in [-0.25, -0.2) is 0 Å². The normalized spacial score (nSPS) is 31.8. The maximum atomic E-state index is 8.83. The molecular weight excluding hydrogens is 280 g/mol. The van der Waals surface area contributed by atoms with Gasteiger partial charge in [-0.3, -0.25) is 0 Å². The quantitative estimate of drug-likeness (QED) is 0.719. The number of hydrogen-bond acceptors (Lipinski definition) is 2. The number of allylic oxidation sites excluding steroid dienone is 2. The van der Waals surface area contributed by atoms with Gasteiger partial charge in [0.25, 0.3) is 0 Å². The van der Waals surface area contributed by atoms with E-state index in [1.165, 1.54) is 49.1 Å². The van der Waals surface area contributed by atoms with E-state index in [0.29, 0.717) is 5.92 Å². The van der Waals surface area contributed by atoms with Crippen LogP contribution in [0.5, 0.6) is 0 Å². The fourth-order valence-corrected chi connectivity index (χ4v) is 4.77. The number of nitrogens with zero attached hydrogens (tertiary/aromatic N) is 2. The van der Waals surface area contributed by atoms with Crippen molar-refractivity contribution < 1.29 is 1.37 Å². The minimum atomic E-state index is -0.386. The lowest BCUT2D eigenvalue weighted by Crippen LogP contribution is -2.30. The van der Waals surface area contributed by atoms with Gasteiger partial charge in [0.2, 0.25) is 0 Å². The summed E-state index contributed by atoms with van der Waals surface area (Å²) in [6, 6.07) is 8.43. The molecule has 0 aromatic heterocycles. The third-order valence-corrected chi connectivity index (χ3v) is 6.12. The van der Waals surface area contributed by atoms with Crippen LogP contribution in [0.4, 0.5) is 5.69 Å². The van der Waals surface area contributed by atoms with Crippen LogP contribution < -0.4 is 4.90 Å². The molecule has 1 aromatic rings. The van der Waals surface area contributed by atoms with Gasteiger partial charge in [0, 0.05) is 28.7 Å². The predicted octanol–water partition coefficient (Wildman–Crippen LogP) is 5.42. The molecule has 2 aliphatic heterocycles. The number of fused-ring (bicyclic) bond motifs is 1. The highest BCUT2D eigenvalue weighted by molar-refractivity contribution is 5.61. The van der Waals surface area contributed by atoms with Gasteiger partial charge in [-0.2, -0.15) is 0 Å². The molecule has 0 amide bonds. The Kier molecular flexibility index (Phi) is 3.24. The molecule has 1 saturated carbocycles. The molecule has 2 nitrogen and oxygen atoms in total. The van der Waals surface area contributed by atoms with Crippen LogP contribution in [0.1, 0.15) is 52.9 Å². The van der Waals surface area contributed by atoms with E-state index < -0.39 is 0 Å². The topological polar surface area (TPSA) is 6.48 Å². The van der Waals surface area contributed by atoms with E-state index in [9.17, 15) is 0 Å². The first-order valence-electron chi connectivity index (χ1n) is 9.58. The summed E-state index contributed by atoms with van der Waals surface area (Å²) in [5.74, 6) is 0.710. The predicted molar refractivity (Wildman–Crippen MR) is 96.9 cm³/mol. The molecule has 0 spiro atoms. The van der Waals surface area contributed by atoms with Crippen LogP contribution in [0, 0.1) is 18.3 Å². The average molecular weight is 309 g/mol. The summed E-state index contributed by atoms with van der Waals surface area (Å²) in [6.45, 7) is 6.35. The highest BCUT2D eigenvalue weighted by Gasteiger charge is 2.46. The maximum absolute atomic E-state index is 8.83. The van der Waals surface area contributed by atoms with Crippen molar-refractivity contribution in [1.82, 2.24) is 4.90 Å². The summed E-state index contributed by atoms with van der Waals surface area (Å²) in [4.78, 5) is 4.39. The first-order chi connectivity index (χ1) is 11.5. The second-order valence-corrected chi connectivity index (χ2v) is 7.55. The van der Waals surface area contributed by atoms with Crippen LogP contribution in [0.25, 0.3) is 0 Å². The Morgan fingerprint density at radius 2 is 1.87 bits per heavy atom. The second-order valence-electron chi connectivity index (χ2n) is 7.55. The van der Waals surface area contributed by atoms with Crippen molar-refractivity contribution >= 4 is 5.69 Å². The Labute approximate surface area is 141 Å². The zero-order valence-electron chi connectivity index (χ0n) is 15.5. The number of rotatable bonds is 2. The van der Waals surface area contributed by atoms with Crippen molar-refractivity contribution in [2.45, 2.75) is 52.9 Å². The molecule has 3 aliphatic rings. The Bertz CT molecular complexity index is 702. The summed E-state index contributed by atoms with van der Waals surface area (Å²) in [5, 5.41) is 0. The van der Waals surface area contributed by atoms with E-state index in [0.717, 1.165) is 5.69 Å². The van der Waals surface area contributed by atoms with Gasteiger partial charge in [-0.15, -0.1) is 0 Å². The molecule has 122 valence electrons. The third kappa shape index (κ3) is 2.22. The number of para-hydroxylation sites is 1. The largest absolute Gasteiger partial charge is 0.331 e. The standard InChI is InChI=1S/C21H28N2/c1-16-9-7-8-12-19(16)23-15-22-14-13-21(3,20(22)17(23)2)18-10-5-4-6-11-18/h7-9,12-14,18H,4-6,10-11,15H2,1-3H3/i15D. The third-order valence-electron chi connectivity index (χ3n) is 6.12. The molecule has 2 heteroatoms. The number of anilines is 1. The first-order valence-corrected chi connectivity index (χ1v) is 9.00. The van der Waals surface area contributed by atoms with E-state index in [4.69, 9.17) is 1.37 Å². The smallest absolute Gasteiger partial charge is 0.0989 e. The van der Waals surface area contributed by atoms with E-state index in [2.05, 4.69) is 67.1 Å². The molecule has 0 saturated heterocycles. The molecule has 23 heavy (non-hydrogen) atoms. The first kappa shape index (κ1) is 13.7. The number of aryl methyl sites for hydroxylation is 1. The Balaban J connectivity index is 1.76. The highest BCUT2D eigenvalue weighted by atomic mass is 15.4. The lowest BCUT2D eigenvalue weighted by Gasteiger charge is -2.37. The van der Waals surface area contributed by atoms with Crippen molar-refractivity contribution in [1.29, 1.82) is 0 Å². The van der Waals surface area contributed by atoms with Crippen molar-refractivity contribution in [3.8, 4) is 0 Å². The van der Waals surface area contributed by atoms with E-state index in [1.807, 2.05) is 0 Å². The fourth-order valence-electron chi connectivity index (χ4n) is 4.77. The molecule has 4 rings (SSSR count). The van der Waals surface area contributed by atoms with Gasteiger partial charge in [0.05, 0.1) is 8.02 Å². The molecule has 0 radical (unpaired) electrons. The SMILES string of the molecule is [2H]C1N2C=CC(C)(C3CCCCC3)C2=C(C)N1c1ccccc1C. The second kappa shape index (κ2) is 5.43. The van der Waals surface area contributed by atoms with Crippen LogP contribution in [0.2, 0.25) is 0 Å². The van der Waals surface area contributed by atoms with Crippen LogP contribution in [0.3, 0.4) is 0 Å². The molecule has 2 unspecified atom stereocenters. The van der Waals surface area contributed by atoms with Crippen molar-refractivity contribution in [2.75, 3.05) is 11.5 Å². The molecule has 1 fully saturated rings. The summed E-state index contributed by atoms with van der Waals surface area (Å²) >= 11 is 0. The molecular formula is C21H28N2. The van der Waals surface area contributed by atoms with E-state index >= 15 is 0 Å². The van der Waals surface area contributed by atoms with Crippen molar-refractivity contribution in [3.05, 3.63) is 53.5 Å². The van der Waals surface area contributed by atoms with Gasteiger partial charge in [0.1, 0.15) is 0 Å². The highest BCUT2D eigenvalue weighted by Crippen LogP contribution is 2.52. The van der Waals surface area contributed by atoms with E-state index in [-0.39, 0.29) is 12.1 Å². The number of hydrogen-bond donors (Lipinski definition) is 0. The van der Waals surface area contributed by atoms with Crippen LogP contribution in [-0.2, 0) is 0 Å². The van der Waals surface area contributed by atoms with Gasteiger partial charge in [0.15, 0.2) is 0 Å². The molecule has 0 bridgehead atoms. The van der Waals surface area contributed by atoms with Gasteiger partial charge in [-0.1, -0.05) is 50.5 Å². The van der Waals surface area contributed by atoms with Gasteiger partial charge < -0.3 is 9.80 Å². The Morgan fingerprint density at radius 3 is 2.61 bits per heavy atom. The lowest BCUT2D eigenvalue weighted by atomic mass is 9.68. The number of benzene rings is 1. The van der Waals surface area contributed by atoms with Crippen molar-refractivity contribution in [2.24, 2.45) is 11.3 Å². The van der Waals surface area contributed by atoms with Crippen LogP contribution in [0.15, 0.2) is 47.9 Å². The monoisotopic (exact) mass is 309 g/mol. The minimum Gasteiger partial charge on any atom is -0.331 e. The Morgan fingerprint density at radius 1 is 1.13 bits per heavy atom. The zero-order chi connectivity index (χ0) is 16.9. The van der Waals surface area contributed by atoms with Gasteiger partial charge in [-0.05, 0) is 44.2 Å². The van der Waals surface area contributed by atoms with Crippen molar-refractivity contribution in [3.63, 3.8) is 0 Å². The molecule has 0 N–H and O–H groups in total. The summed E-state index contributed by atoms with van der Waals surface area (Å²) in [6.07, 6.45) is 11.3. The zero-order valence-corrected chi connectivity index (χ0v) is 14.5. The average Bonchev–Trinajstić information content (AvgIpc) is 3.07.